The Bertz CT molecular complexity index is 661. The van der Waals surface area contributed by atoms with Gasteiger partial charge in [-0.3, -0.25) is 4.79 Å². The molecule has 0 radical (unpaired) electrons. The normalized spacial score (nSPS) is 18.0. The van der Waals surface area contributed by atoms with Crippen molar-refractivity contribution in [3.05, 3.63) is 71.8 Å². The van der Waals surface area contributed by atoms with E-state index in [4.69, 9.17) is 0 Å². The summed E-state index contributed by atoms with van der Waals surface area (Å²) in [7, 11) is 0. The van der Waals surface area contributed by atoms with Crippen molar-refractivity contribution in [2.45, 2.75) is 37.2 Å². The lowest BCUT2D eigenvalue weighted by Crippen LogP contribution is -2.36. The first-order valence-corrected chi connectivity index (χ1v) is 8.12. The average Bonchev–Trinajstić information content (AvgIpc) is 3.36. The fourth-order valence-electron chi connectivity index (χ4n) is 3.05. The topological polar surface area (TPSA) is 49.3 Å². The molecule has 1 fully saturated rings. The minimum atomic E-state index is -1.14. The Kier molecular flexibility index (Phi) is 4.22. The zero-order valence-corrected chi connectivity index (χ0v) is 13.5. The second kappa shape index (κ2) is 6.17. The van der Waals surface area contributed by atoms with E-state index in [1.165, 1.54) is 5.56 Å². The summed E-state index contributed by atoms with van der Waals surface area (Å²) >= 11 is 0. The van der Waals surface area contributed by atoms with E-state index in [0.717, 1.165) is 18.4 Å². The molecule has 1 unspecified atom stereocenters. The maximum Gasteiger partial charge on any atom is 0.223 e. The molecule has 1 atom stereocenters. The molecule has 0 spiro atoms. The quantitative estimate of drug-likeness (QED) is 0.861. The van der Waals surface area contributed by atoms with Crippen molar-refractivity contribution in [2.24, 2.45) is 0 Å². The number of aliphatic hydroxyl groups is 1. The van der Waals surface area contributed by atoms with Crippen LogP contribution in [0.4, 0.5) is 0 Å². The summed E-state index contributed by atoms with van der Waals surface area (Å²) < 4.78 is 0. The monoisotopic (exact) mass is 309 g/mol. The van der Waals surface area contributed by atoms with Gasteiger partial charge in [0, 0.05) is 12.0 Å². The molecule has 2 aromatic rings. The van der Waals surface area contributed by atoms with Crippen molar-refractivity contribution in [2.75, 3.05) is 6.54 Å². The van der Waals surface area contributed by atoms with Gasteiger partial charge in [-0.1, -0.05) is 60.7 Å². The Morgan fingerprint density at radius 2 is 1.65 bits per heavy atom. The molecule has 0 saturated heterocycles. The highest BCUT2D eigenvalue weighted by atomic mass is 16.3. The highest BCUT2D eigenvalue weighted by molar-refractivity contribution is 5.77. The second-order valence-electron chi connectivity index (χ2n) is 6.74. The molecule has 1 aliphatic rings. The molecule has 3 heteroatoms. The zero-order valence-electron chi connectivity index (χ0n) is 13.5. The van der Waals surface area contributed by atoms with Crippen LogP contribution in [0.15, 0.2) is 60.7 Å². The van der Waals surface area contributed by atoms with E-state index in [9.17, 15) is 9.90 Å². The van der Waals surface area contributed by atoms with Crippen molar-refractivity contribution in [3.8, 4) is 0 Å². The standard InChI is InChI=1S/C20H23NO2/c1-19(23,16-8-4-2-5-9-16)14-18(22)21-15-20(12-13-20)17-10-6-3-7-11-17/h2-11,23H,12-15H2,1H3,(H,21,22). The third kappa shape index (κ3) is 3.62. The van der Waals surface area contributed by atoms with Crippen LogP contribution in [0.25, 0.3) is 0 Å². The molecule has 2 N–H and O–H groups in total. The Balaban J connectivity index is 1.58. The summed E-state index contributed by atoms with van der Waals surface area (Å²) in [5.74, 6) is -0.110. The minimum Gasteiger partial charge on any atom is -0.385 e. The highest BCUT2D eigenvalue weighted by Crippen LogP contribution is 2.47. The Labute approximate surface area is 137 Å². The van der Waals surface area contributed by atoms with Gasteiger partial charge < -0.3 is 10.4 Å². The van der Waals surface area contributed by atoms with E-state index in [-0.39, 0.29) is 17.7 Å². The average molecular weight is 309 g/mol. The van der Waals surface area contributed by atoms with Crippen LogP contribution in [-0.4, -0.2) is 17.6 Å². The van der Waals surface area contributed by atoms with Gasteiger partial charge in [-0.15, -0.1) is 0 Å². The lowest BCUT2D eigenvalue weighted by molar-refractivity contribution is -0.125. The van der Waals surface area contributed by atoms with Crippen LogP contribution in [0.2, 0.25) is 0 Å². The first-order chi connectivity index (χ1) is 11.0. The summed E-state index contributed by atoms with van der Waals surface area (Å²) in [5, 5.41) is 13.6. The van der Waals surface area contributed by atoms with E-state index < -0.39 is 5.60 Å². The van der Waals surface area contributed by atoms with E-state index in [0.29, 0.717) is 6.54 Å². The summed E-state index contributed by atoms with van der Waals surface area (Å²) in [6.45, 7) is 2.33. The number of hydrogen-bond donors (Lipinski definition) is 2. The van der Waals surface area contributed by atoms with Gasteiger partial charge in [-0.2, -0.15) is 0 Å². The van der Waals surface area contributed by atoms with Crippen LogP contribution < -0.4 is 5.32 Å². The van der Waals surface area contributed by atoms with Crippen molar-refractivity contribution in [1.82, 2.24) is 5.32 Å². The third-order valence-electron chi connectivity index (χ3n) is 4.76. The predicted molar refractivity (Wildman–Crippen MR) is 91.0 cm³/mol. The van der Waals surface area contributed by atoms with Gasteiger partial charge in [0.25, 0.3) is 0 Å². The molecule has 3 rings (SSSR count). The molecule has 23 heavy (non-hydrogen) atoms. The van der Waals surface area contributed by atoms with Crippen molar-refractivity contribution < 1.29 is 9.90 Å². The van der Waals surface area contributed by atoms with Crippen LogP contribution in [0.3, 0.4) is 0 Å². The third-order valence-corrected chi connectivity index (χ3v) is 4.76. The molecular formula is C20H23NO2. The lowest BCUT2D eigenvalue weighted by atomic mass is 9.92. The molecule has 2 aromatic carbocycles. The van der Waals surface area contributed by atoms with Crippen LogP contribution in [0.5, 0.6) is 0 Å². The second-order valence-corrected chi connectivity index (χ2v) is 6.74. The minimum absolute atomic E-state index is 0.0713. The van der Waals surface area contributed by atoms with Crippen molar-refractivity contribution >= 4 is 5.91 Å². The van der Waals surface area contributed by atoms with Crippen LogP contribution >= 0.6 is 0 Å². The smallest absolute Gasteiger partial charge is 0.223 e. The first kappa shape index (κ1) is 15.8. The summed E-state index contributed by atoms with van der Waals surface area (Å²) in [6.07, 6.45) is 2.28. The molecule has 0 aliphatic heterocycles. The molecular weight excluding hydrogens is 286 g/mol. The van der Waals surface area contributed by atoms with Gasteiger partial charge in [0.2, 0.25) is 5.91 Å². The molecule has 0 heterocycles. The SMILES string of the molecule is CC(O)(CC(=O)NCC1(c2ccccc2)CC1)c1ccccc1. The number of amides is 1. The van der Waals surface area contributed by atoms with Gasteiger partial charge in [0.15, 0.2) is 0 Å². The van der Waals surface area contributed by atoms with Crippen LogP contribution in [0, 0.1) is 0 Å². The van der Waals surface area contributed by atoms with Crippen molar-refractivity contribution in [1.29, 1.82) is 0 Å². The maximum atomic E-state index is 12.3. The molecule has 0 bridgehead atoms. The summed E-state index contributed by atoms with van der Waals surface area (Å²) in [5.41, 5.74) is 0.999. The largest absolute Gasteiger partial charge is 0.385 e. The van der Waals surface area contributed by atoms with Crippen molar-refractivity contribution in [3.63, 3.8) is 0 Å². The number of carbonyl (C=O) groups is 1. The molecule has 120 valence electrons. The van der Waals surface area contributed by atoms with Gasteiger partial charge in [-0.25, -0.2) is 0 Å². The fraction of sp³-hybridized carbons (Fsp3) is 0.350. The Morgan fingerprint density at radius 3 is 2.22 bits per heavy atom. The van der Waals surface area contributed by atoms with E-state index in [1.54, 1.807) is 6.92 Å². The number of nitrogens with one attached hydrogen (secondary N) is 1. The van der Waals surface area contributed by atoms with Crippen LogP contribution in [-0.2, 0) is 15.8 Å². The summed E-state index contributed by atoms with van der Waals surface area (Å²) in [4.78, 5) is 12.3. The lowest BCUT2D eigenvalue weighted by Gasteiger charge is -2.24. The molecule has 1 saturated carbocycles. The Hall–Kier alpha value is -2.13. The first-order valence-electron chi connectivity index (χ1n) is 8.12. The number of rotatable bonds is 6. The zero-order chi connectivity index (χ0) is 16.3. The van der Waals surface area contributed by atoms with E-state index in [1.807, 2.05) is 48.5 Å². The molecule has 1 amide bonds. The Morgan fingerprint density at radius 1 is 1.09 bits per heavy atom. The number of benzene rings is 2. The highest BCUT2D eigenvalue weighted by Gasteiger charge is 2.44. The fourth-order valence-corrected chi connectivity index (χ4v) is 3.05. The van der Waals surface area contributed by atoms with Gasteiger partial charge in [0.05, 0.1) is 12.0 Å². The van der Waals surface area contributed by atoms with Crippen LogP contribution in [0.1, 0.15) is 37.3 Å². The van der Waals surface area contributed by atoms with E-state index in [2.05, 4.69) is 17.4 Å². The maximum absolute atomic E-state index is 12.3. The van der Waals surface area contributed by atoms with Gasteiger partial charge in [0.1, 0.15) is 0 Å². The molecule has 3 nitrogen and oxygen atoms in total. The number of hydrogen-bond acceptors (Lipinski definition) is 2. The predicted octanol–water partition coefficient (Wildman–Crippen LogP) is 3.13. The van der Waals surface area contributed by atoms with Gasteiger partial charge >= 0.3 is 0 Å². The summed E-state index contributed by atoms with van der Waals surface area (Å²) in [6, 6.07) is 19.7. The van der Waals surface area contributed by atoms with E-state index >= 15 is 0 Å². The molecule has 1 aliphatic carbocycles. The number of carbonyl (C=O) groups excluding carboxylic acids is 1. The van der Waals surface area contributed by atoms with Gasteiger partial charge in [-0.05, 0) is 30.9 Å². The molecule has 0 aromatic heterocycles.